The van der Waals surface area contributed by atoms with Crippen LogP contribution in [-0.4, -0.2) is 52.5 Å². The van der Waals surface area contributed by atoms with Crippen molar-refractivity contribution in [2.24, 2.45) is 13.0 Å². The minimum absolute atomic E-state index is 0.105. The molecule has 200 valence electrons. The molecule has 0 saturated carbocycles. The van der Waals surface area contributed by atoms with Crippen LogP contribution in [0, 0.1) is 24.2 Å². The van der Waals surface area contributed by atoms with Crippen molar-refractivity contribution < 1.29 is 9.53 Å². The first-order valence-electron chi connectivity index (χ1n) is 13.1. The topological polar surface area (TPSA) is 78.6 Å². The van der Waals surface area contributed by atoms with Crippen LogP contribution < -0.4 is 10.5 Å². The number of carbonyl (C=O) groups is 1. The molecule has 0 N–H and O–H groups in total. The Labute approximate surface area is 234 Å². The zero-order valence-corrected chi connectivity index (χ0v) is 23.9. The second-order valence-electron chi connectivity index (χ2n) is 9.72. The molecule has 1 aromatic heterocycles. The number of thioether (sulfide) groups is 1. The first kappa shape index (κ1) is 28.1. The van der Waals surface area contributed by atoms with Crippen LogP contribution in [0.25, 0.3) is 6.08 Å². The number of benzene rings is 1. The van der Waals surface area contributed by atoms with E-state index in [1.54, 1.807) is 23.4 Å². The number of pyridine rings is 1. The maximum atomic E-state index is 13.3. The number of piperidine rings is 1. The number of carbonyl (C=O) groups excluding carboxylic acids is 1. The van der Waals surface area contributed by atoms with Crippen molar-refractivity contribution in [1.29, 1.82) is 5.26 Å². The summed E-state index contributed by atoms with van der Waals surface area (Å²) in [4.78, 5) is 30.7. The van der Waals surface area contributed by atoms with E-state index in [9.17, 15) is 14.9 Å². The molecule has 7 nitrogen and oxygen atoms in total. The summed E-state index contributed by atoms with van der Waals surface area (Å²) in [5.74, 6) is 1.18. The maximum absolute atomic E-state index is 13.3. The fraction of sp³-hybridized carbons (Fsp3) is 0.448. The zero-order valence-electron chi connectivity index (χ0n) is 22.2. The van der Waals surface area contributed by atoms with Crippen LogP contribution in [-0.2, 0) is 23.0 Å². The summed E-state index contributed by atoms with van der Waals surface area (Å²) in [6.45, 7) is 7.04. The van der Waals surface area contributed by atoms with Gasteiger partial charge in [-0.2, -0.15) is 5.26 Å². The van der Waals surface area contributed by atoms with E-state index in [0.29, 0.717) is 46.9 Å². The second kappa shape index (κ2) is 12.7. The minimum atomic E-state index is -0.313. The van der Waals surface area contributed by atoms with Gasteiger partial charge in [0.05, 0.1) is 4.91 Å². The molecule has 2 aromatic rings. The monoisotopic (exact) mass is 550 g/mol. The van der Waals surface area contributed by atoms with Gasteiger partial charge in [0, 0.05) is 45.5 Å². The first-order valence-corrected chi connectivity index (χ1v) is 14.3. The Balaban J connectivity index is 1.61. The smallest absolute Gasteiger partial charge is 0.270 e. The lowest BCUT2D eigenvalue weighted by Gasteiger charge is -2.36. The summed E-state index contributed by atoms with van der Waals surface area (Å²) in [7, 11) is 1.71. The number of nitrogens with zero attached hydrogens (tertiary/aromatic N) is 4. The third-order valence-corrected chi connectivity index (χ3v) is 8.65. The number of thiocarbonyl (C=S) groups is 1. The molecule has 0 aliphatic carbocycles. The van der Waals surface area contributed by atoms with Crippen molar-refractivity contribution in [2.75, 3.05) is 37.7 Å². The first-order chi connectivity index (χ1) is 18.3. The lowest BCUT2D eigenvalue weighted by molar-refractivity contribution is -0.122. The Bertz CT molecular complexity index is 1320. The Morgan fingerprint density at radius 2 is 1.92 bits per heavy atom. The quantitative estimate of drug-likeness (QED) is 0.255. The number of nitriles is 1. The van der Waals surface area contributed by atoms with E-state index in [2.05, 4.69) is 35.2 Å². The second-order valence-corrected chi connectivity index (χ2v) is 11.4. The van der Waals surface area contributed by atoms with E-state index < -0.39 is 0 Å². The molecule has 0 atom stereocenters. The van der Waals surface area contributed by atoms with Gasteiger partial charge in [-0.3, -0.25) is 19.1 Å². The Morgan fingerprint density at radius 3 is 2.58 bits per heavy atom. The largest absolute Gasteiger partial charge is 0.382 e. The molecule has 9 heteroatoms. The summed E-state index contributed by atoms with van der Waals surface area (Å²) in [6.07, 6.45) is 5.57. The summed E-state index contributed by atoms with van der Waals surface area (Å²) in [5, 5.41) is 9.75. The fourth-order valence-corrected chi connectivity index (χ4v) is 6.47. The molecule has 2 aliphatic heterocycles. The van der Waals surface area contributed by atoms with Gasteiger partial charge in [0.25, 0.3) is 11.5 Å². The number of hydrogen-bond donors (Lipinski definition) is 0. The Morgan fingerprint density at radius 1 is 1.21 bits per heavy atom. The molecule has 38 heavy (non-hydrogen) atoms. The predicted molar refractivity (Wildman–Crippen MR) is 157 cm³/mol. The summed E-state index contributed by atoms with van der Waals surface area (Å²) in [6, 6.07) is 12.6. The van der Waals surface area contributed by atoms with Crippen molar-refractivity contribution >= 4 is 46.1 Å². The van der Waals surface area contributed by atoms with Crippen molar-refractivity contribution in [3.63, 3.8) is 0 Å². The van der Waals surface area contributed by atoms with Crippen molar-refractivity contribution in [2.45, 2.75) is 39.5 Å². The fourth-order valence-electron chi connectivity index (χ4n) is 5.18. The standard InChI is InChI=1S/C29H34N4O3S2/c1-4-36-16-8-13-33-28(35)25(38-29(33)37)18-23-20(2)24(19-30)27(34)31(3)26(23)32-14-11-22(12-15-32)17-21-9-6-5-7-10-21/h5-7,9-10,18,22H,4,8,11-17H2,1-3H3. The van der Waals surface area contributed by atoms with Crippen molar-refractivity contribution in [1.82, 2.24) is 9.47 Å². The Kier molecular flexibility index (Phi) is 9.42. The van der Waals surface area contributed by atoms with Crippen LogP contribution in [0.4, 0.5) is 5.82 Å². The average Bonchev–Trinajstić information content (AvgIpc) is 3.18. The van der Waals surface area contributed by atoms with E-state index in [4.69, 9.17) is 17.0 Å². The van der Waals surface area contributed by atoms with Gasteiger partial charge in [0.15, 0.2) is 0 Å². The van der Waals surface area contributed by atoms with Crippen molar-refractivity contribution in [3.8, 4) is 6.07 Å². The highest BCUT2D eigenvalue weighted by Gasteiger charge is 2.33. The van der Waals surface area contributed by atoms with Crippen LogP contribution in [0.1, 0.15) is 48.4 Å². The molecule has 4 rings (SSSR count). The van der Waals surface area contributed by atoms with E-state index in [1.165, 1.54) is 17.3 Å². The SMILES string of the molecule is CCOCCCN1C(=O)C(=Cc2c(C)c(C#N)c(=O)n(C)c2N2CCC(Cc3ccccc3)CC2)SC1=S. The summed E-state index contributed by atoms with van der Waals surface area (Å²) < 4.78 is 7.49. The van der Waals surface area contributed by atoms with Crippen LogP contribution in [0.15, 0.2) is 40.0 Å². The molecule has 1 aromatic carbocycles. The highest BCUT2D eigenvalue weighted by molar-refractivity contribution is 8.26. The van der Waals surface area contributed by atoms with Crippen LogP contribution >= 0.6 is 24.0 Å². The molecule has 1 amide bonds. The number of hydrogen-bond acceptors (Lipinski definition) is 7. The van der Waals surface area contributed by atoms with Crippen molar-refractivity contribution in [3.05, 3.63) is 67.8 Å². The lowest BCUT2D eigenvalue weighted by atomic mass is 9.90. The molecule has 2 saturated heterocycles. The van der Waals surface area contributed by atoms with Gasteiger partial charge in [-0.1, -0.05) is 54.3 Å². The maximum Gasteiger partial charge on any atom is 0.270 e. The molecule has 0 spiro atoms. The zero-order chi connectivity index (χ0) is 27.2. The third kappa shape index (κ3) is 6.04. The Hall–Kier alpha value is -2.93. The summed E-state index contributed by atoms with van der Waals surface area (Å²) in [5.41, 5.74) is 2.47. The normalized spacial score (nSPS) is 17.5. The predicted octanol–water partition coefficient (Wildman–Crippen LogP) is 4.65. The van der Waals surface area contributed by atoms with E-state index in [1.807, 2.05) is 19.1 Å². The van der Waals surface area contributed by atoms with Gasteiger partial charge < -0.3 is 9.64 Å². The summed E-state index contributed by atoms with van der Waals surface area (Å²) >= 11 is 6.78. The van der Waals surface area contributed by atoms with Gasteiger partial charge in [-0.25, -0.2) is 0 Å². The molecule has 3 heterocycles. The van der Waals surface area contributed by atoms with E-state index in [-0.39, 0.29) is 17.0 Å². The lowest BCUT2D eigenvalue weighted by Crippen LogP contribution is -2.39. The average molecular weight is 551 g/mol. The molecule has 0 bridgehead atoms. The molecule has 0 radical (unpaired) electrons. The number of amides is 1. The highest BCUT2D eigenvalue weighted by atomic mass is 32.2. The highest BCUT2D eigenvalue weighted by Crippen LogP contribution is 2.36. The third-order valence-electron chi connectivity index (χ3n) is 7.27. The van der Waals surface area contributed by atoms with Gasteiger partial charge in [-0.05, 0) is 62.7 Å². The van der Waals surface area contributed by atoms with Gasteiger partial charge in [-0.15, -0.1) is 0 Å². The molecular weight excluding hydrogens is 516 g/mol. The number of aromatic nitrogens is 1. The molecule has 2 aliphatic rings. The van der Waals surface area contributed by atoms with E-state index in [0.717, 1.165) is 43.7 Å². The van der Waals surface area contributed by atoms with Gasteiger partial charge >= 0.3 is 0 Å². The molecule has 2 fully saturated rings. The van der Waals surface area contributed by atoms with Gasteiger partial charge in [0.2, 0.25) is 0 Å². The number of rotatable bonds is 9. The van der Waals surface area contributed by atoms with E-state index >= 15 is 0 Å². The van der Waals surface area contributed by atoms with Crippen LogP contribution in [0.3, 0.4) is 0 Å². The number of anilines is 1. The molecular formula is C29H34N4O3S2. The number of ether oxygens (including phenoxy) is 1. The van der Waals surface area contributed by atoms with Crippen LogP contribution in [0.2, 0.25) is 0 Å². The molecule has 0 unspecified atom stereocenters. The minimum Gasteiger partial charge on any atom is -0.382 e. The van der Waals surface area contributed by atoms with Crippen LogP contribution in [0.5, 0.6) is 0 Å². The van der Waals surface area contributed by atoms with Gasteiger partial charge in [0.1, 0.15) is 21.8 Å².